The molecule has 0 spiro atoms. The molecular formula is C55H36N4. The Kier molecular flexibility index (Phi) is 8.45. The zero-order chi connectivity index (χ0) is 39.1. The van der Waals surface area contributed by atoms with E-state index in [0.29, 0.717) is 17.5 Å². The van der Waals surface area contributed by atoms with Crippen molar-refractivity contribution in [1.29, 1.82) is 0 Å². The lowest BCUT2D eigenvalue weighted by Gasteiger charge is -2.15. The number of rotatable bonds is 7. The van der Waals surface area contributed by atoms with Gasteiger partial charge in [-0.1, -0.05) is 194 Å². The van der Waals surface area contributed by atoms with Crippen molar-refractivity contribution in [3.63, 3.8) is 0 Å². The van der Waals surface area contributed by atoms with Gasteiger partial charge in [0.25, 0.3) is 0 Å². The number of benzene rings is 9. The standard InChI is InChI=1S/C55H36N4/c1-3-15-39(16-4-1)47-22-13-25-51-52(47)48-21-10-12-24-50(48)59(51)49-23-11-9-20-46(49)40-29-33-43(34-30-40)55-57-53(41-17-5-2-6-18-41)56-54(58-55)42-31-26-38(27-32-42)45-35-28-37-14-7-8-19-44(37)36-45/h1-36H. The maximum Gasteiger partial charge on any atom is 0.164 e. The Morgan fingerprint density at radius 2 is 0.763 bits per heavy atom. The lowest BCUT2D eigenvalue weighted by Crippen LogP contribution is -2.00. The number of nitrogens with zero attached hydrogens (tertiary/aromatic N) is 4. The van der Waals surface area contributed by atoms with Crippen LogP contribution in [-0.4, -0.2) is 19.5 Å². The third-order valence-corrected chi connectivity index (χ3v) is 11.3. The summed E-state index contributed by atoms with van der Waals surface area (Å²) in [6.07, 6.45) is 0. The van der Waals surface area contributed by atoms with Gasteiger partial charge in [0.2, 0.25) is 0 Å². The Bertz CT molecular complexity index is 3300. The predicted molar refractivity (Wildman–Crippen MR) is 244 cm³/mol. The molecule has 0 amide bonds. The van der Waals surface area contributed by atoms with Gasteiger partial charge in [-0.25, -0.2) is 15.0 Å². The summed E-state index contributed by atoms with van der Waals surface area (Å²) in [7, 11) is 0. The van der Waals surface area contributed by atoms with Crippen molar-refractivity contribution >= 4 is 32.6 Å². The van der Waals surface area contributed by atoms with Gasteiger partial charge in [0.05, 0.1) is 16.7 Å². The molecule has 0 atom stereocenters. The molecule has 0 aliphatic carbocycles. The minimum Gasteiger partial charge on any atom is -0.309 e. The van der Waals surface area contributed by atoms with E-state index in [9.17, 15) is 0 Å². The van der Waals surface area contributed by atoms with Crippen LogP contribution in [0.1, 0.15) is 0 Å². The number of aromatic nitrogens is 4. The topological polar surface area (TPSA) is 43.6 Å². The van der Waals surface area contributed by atoms with Crippen LogP contribution in [0.4, 0.5) is 0 Å². The van der Waals surface area contributed by atoms with Crippen molar-refractivity contribution in [2.45, 2.75) is 0 Å². The Morgan fingerprint density at radius 3 is 1.47 bits per heavy atom. The summed E-state index contributed by atoms with van der Waals surface area (Å²) in [4.78, 5) is 15.1. The Labute approximate surface area is 342 Å². The molecule has 59 heavy (non-hydrogen) atoms. The fourth-order valence-electron chi connectivity index (χ4n) is 8.38. The summed E-state index contributed by atoms with van der Waals surface area (Å²) >= 11 is 0. The zero-order valence-corrected chi connectivity index (χ0v) is 32.1. The van der Waals surface area contributed by atoms with Crippen LogP contribution in [0.3, 0.4) is 0 Å². The van der Waals surface area contributed by atoms with Crippen LogP contribution in [0.25, 0.3) is 106 Å². The van der Waals surface area contributed by atoms with Crippen molar-refractivity contribution in [1.82, 2.24) is 19.5 Å². The molecular weight excluding hydrogens is 717 g/mol. The molecule has 0 radical (unpaired) electrons. The highest BCUT2D eigenvalue weighted by molar-refractivity contribution is 6.16. The fraction of sp³-hybridized carbons (Fsp3) is 0. The molecule has 0 fully saturated rings. The molecule has 2 heterocycles. The van der Waals surface area contributed by atoms with E-state index in [4.69, 9.17) is 15.0 Å². The van der Waals surface area contributed by atoms with E-state index >= 15 is 0 Å². The second kappa shape index (κ2) is 14.5. The lowest BCUT2D eigenvalue weighted by molar-refractivity contribution is 1.07. The van der Waals surface area contributed by atoms with Crippen LogP contribution in [0, 0.1) is 0 Å². The highest BCUT2D eigenvalue weighted by Gasteiger charge is 2.19. The maximum atomic E-state index is 5.08. The van der Waals surface area contributed by atoms with Crippen LogP contribution in [0.5, 0.6) is 0 Å². The van der Waals surface area contributed by atoms with E-state index in [-0.39, 0.29) is 0 Å². The highest BCUT2D eigenvalue weighted by atomic mass is 15.0. The predicted octanol–water partition coefficient (Wildman–Crippen LogP) is 14.1. The zero-order valence-electron chi connectivity index (χ0n) is 32.1. The Hall–Kier alpha value is -7.95. The van der Waals surface area contributed by atoms with E-state index in [2.05, 4.69) is 193 Å². The second-order valence-electron chi connectivity index (χ2n) is 14.8. The van der Waals surface area contributed by atoms with E-state index in [1.165, 1.54) is 49.3 Å². The van der Waals surface area contributed by atoms with Crippen molar-refractivity contribution in [2.75, 3.05) is 0 Å². The first kappa shape index (κ1) is 34.3. The van der Waals surface area contributed by atoms with Gasteiger partial charge in [-0.3, -0.25) is 0 Å². The Balaban J connectivity index is 0.985. The minimum atomic E-state index is 0.628. The quantitative estimate of drug-likeness (QED) is 0.163. The van der Waals surface area contributed by atoms with Crippen molar-refractivity contribution in [3.05, 3.63) is 218 Å². The smallest absolute Gasteiger partial charge is 0.164 e. The number of para-hydroxylation sites is 2. The van der Waals surface area contributed by atoms with Gasteiger partial charge >= 0.3 is 0 Å². The first-order valence-corrected chi connectivity index (χ1v) is 19.9. The molecule has 4 heteroatoms. The molecule has 4 nitrogen and oxygen atoms in total. The first-order valence-electron chi connectivity index (χ1n) is 19.9. The van der Waals surface area contributed by atoms with Crippen LogP contribution in [0.15, 0.2) is 218 Å². The van der Waals surface area contributed by atoms with Crippen molar-refractivity contribution in [2.24, 2.45) is 0 Å². The third-order valence-electron chi connectivity index (χ3n) is 11.3. The molecule has 276 valence electrons. The molecule has 0 unspecified atom stereocenters. The van der Waals surface area contributed by atoms with Crippen LogP contribution in [-0.2, 0) is 0 Å². The van der Waals surface area contributed by atoms with E-state index < -0.39 is 0 Å². The Morgan fingerprint density at radius 1 is 0.288 bits per heavy atom. The summed E-state index contributed by atoms with van der Waals surface area (Å²) in [5.74, 6) is 1.90. The average molecular weight is 753 g/mol. The maximum absolute atomic E-state index is 5.08. The molecule has 9 aromatic carbocycles. The number of hydrogen-bond donors (Lipinski definition) is 0. The normalized spacial score (nSPS) is 11.4. The molecule has 0 aliphatic heterocycles. The summed E-state index contributed by atoms with van der Waals surface area (Å²) < 4.78 is 2.41. The van der Waals surface area contributed by atoms with E-state index in [1.807, 2.05) is 30.3 Å². The van der Waals surface area contributed by atoms with Crippen molar-refractivity contribution < 1.29 is 0 Å². The summed E-state index contributed by atoms with van der Waals surface area (Å²) in [6.45, 7) is 0. The summed E-state index contributed by atoms with van der Waals surface area (Å²) in [6, 6.07) is 77.0. The monoisotopic (exact) mass is 752 g/mol. The van der Waals surface area contributed by atoms with Crippen LogP contribution >= 0.6 is 0 Å². The van der Waals surface area contributed by atoms with Gasteiger partial charge in [0.15, 0.2) is 17.5 Å². The van der Waals surface area contributed by atoms with Gasteiger partial charge in [-0.15, -0.1) is 0 Å². The van der Waals surface area contributed by atoms with Crippen molar-refractivity contribution in [3.8, 4) is 73.2 Å². The number of hydrogen-bond acceptors (Lipinski definition) is 3. The molecule has 0 saturated carbocycles. The summed E-state index contributed by atoms with van der Waals surface area (Å²) in [5, 5.41) is 4.94. The largest absolute Gasteiger partial charge is 0.309 e. The molecule has 0 aliphatic rings. The van der Waals surface area contributed by atoms with Crippen LogP contribution < -0.4 is 0 Å². The fourth-order valence-corrected chi connectivity index (χ4v) is 8.38. The third kappa shape index (κ3) is 6.24. The molecule has 0 saturated heterocycles. The molecule has 11 aromatic rings. The van der Waals surface area contributed by atoms with E-state index in [0.717, 1.165) is 39.1 Å². The number of fused-ring (bicyclic) bond motifs is 4. The molecule has 2 aromatic heterocycles. The first-order chi connectivity index (χ1) is 29.2. The highest BCUT2D eigenvalue weighted by Crippen LogP contribution is 2.41. The second-order valence-corrected chi connectivity index (χ2v) is 14.8. The van der Waals surface area contributed by atoms with E-state index in [1.54, 1.807) is 0 Å². The summed E-state index contributed by atoms with van der Waals surface area (Å²) in [5.41, 5.74) is 13.3. The van der Waals surface area contributed by atoms with Crippen LogP contribution in [0.2, 0.25) is 0 Å². The molecule has 0 N–H and O–H groups in total. The van der Waals surface area contributed by atoms with Gasteiger partial charge in [0.1, 0.15) is 0 Å². The molecule has 0 bridgehead atoms. The average Bonchev–Trinajstić information content (AvgIpc) is 3.66. The van der Waals surface area contributed by atoms with Gasteiger partial charge < -0.3 is 4.57 Å². The van der Waals surface area contributed by atoms with Gasteiger partial charge in [0, 0.05) is 33.0 Å². The van der Waals surface area contributed by atoms with Gasteiger partial charge in [-0.2, -0.15) is 0 Å². The SMILES string of the molecule is c1ccc(-c2nc(-c3ccc(-c4ccc5ccccc5c4)cc3)nc(-c3ccc(-c4ccccc4-n4c5ccccc5c5c(-c6ccccc6)cccc54)cc3)n2)cc1. The molecule has 11 rings (SSSR count). The van der Waals surface area contributed by atoms with Gasteiger partial charge in [-0.05, 0) is 62.9 Å². The lowest BCUT2D eigenvalue weighted by atomic mass is 9.99. The minimum absolute atomic E-state index is 0.628.